The van der Waals surface area contributed by atoms with E-state index in [0.29, 0.717) is 5.65 Å². The van der Waals surface area contributed by atoms with Crippen LogP contribution in [0, 0.1) is 0 Å². The van der Waals surface area contributed by atoms with E-state index in [0.717, 1.165) is 142 Å². The molecule has 402 valence electrons. The van der Waals surface area contributed by atoms with Crippen LogP contribution in [0.1, 0.15) is 0 Å². The van der Waals surface area contributed by atoms with Gasteiger partial charge in [0.15, 0.2) is 5.65 Å². The number of hydrogen-bond acceptors (Lipinski definition) is 3. The fourth-order valence-electron chi connectivity index (χ4n) is 14.5. The topological polar surface area (TPSA) is 65.7 Å². The fraction of sp³-hybridized carbons (Fsp3) is 0.0253. The maximum absolute atomic E-state index is 14.4. The predicted octanol–water partition coefficient (Wildman–Crippen LogP) is 18.9. The van der Waals surface area contributed by atoms with Gasteiger partial charge in [-0.05, 0) is 193 Å². The van der Waals surface area contributed by atoms with Crippen molar-refractivity contribution in [2.24, 2.45) is 14.1 Å². The maximum atomic E-state index is 14.4. The average Bonchev–Trinajstić information content (AvgIpc) is 1.46. The fourth-order valence-corrected chi connectivity index (χ4v) is 14.5. The van der Waals surface area contributed by atoms with Gasteiger partial charge in [-0.1, -0.05) is 188 Å². The predicted molar refractivity (Wildman–Crippen MR) is 359 cm³/mol. The molecule has 0 atom stereocenters. The minimum absolute atomic E-state index is 0.0701. The van der Waals surface area contributed by atoms with Crippen LogP contribution >= 0.6 is 0 Å². The number of hydrogen-bond donors (Lipinski definition) is 0. The van der Waals surface area contributed by atoms with E-state index in [1.165, 1.54) is 27.1 Å². The van der Waals surface area contributed by atoms with E-state index in [4.69, 9.17) is 4.98 Å². The zero-order valence-corrected chi connectivity index (χ0v) is 46.9. The van der Waals surface area contributed by atoms with Crippen molar-refractivity contribution in [2.75, 3.05) is 0 Å². The van der Waals surface area contributed by atoms with Crippen LogP contribution in [-0.4, -0.2) is 22.9 Å². The van der Waals surface area contributed by atoms with Gasteiger partial charge in [-0.15, -0.1) is 0 Å². The first-order valence-electron chi connectivity index (χ1n) is 29.2. The Labute approximate surface area is 491 Å². The van der Waals surface area contributed by atoms with Crippen LogP contribution in [0.3, 0.4) is 0 Å². The SMILES string of the molecule is Cn1c(=O)n2c3ccc(-c4c5ccccc5c(-c5ccc6ccccc6c5)c5cc(-c6ccc7c(-c8ccc9c(c8)n(C)c(=O)n8c%10ccccc%10nc98)c8ccccc8c(-c8ccc9ccccc9c8)c7c6)ccc45)cc3cc2c2ccccc21. The Morgan fingerprint density at radius 2 is 0.663 bits per heavy atom. The molecule has 0 saturated carbocycles. The first kappa shape index (κ1) is 48.2. The summed E-state index contributed by atoms with van der Waals surface area (Å²) in [5.74, 6) is 0. The van der Waals surface area contributed by atoms with Crippen molar-refractivity contribution in [2.45, 2.75) is 0 Å². The minimum Gasteiger partial charge on any atom is -0.296 e. The van der Waals surface area contributed by atoms with Crippen LogP contribution in [0.5, 0.6) is 0 Å². The van der Waals surface area contributed by atoms with Gasteiger partial charge in [0, 0.05) is 30.3 Å². The van der Waals surface area contributed by atoms with Crippen molar-refractivity contribution in [3.63, 3.8) is 0 Å². The van der Waals surface area contributed by atoms with Crippen LogP contribution in [-0.2, 0) is 14.1 Å². The molecule has 0 bridgehead atoms. The zero-order chi connectivity index (χ0) is 57.1. The quantitative estimate of drug-likeness (QED) is 0.161. The highest BCUT2D eigenvalue weighted by molar-refractivity contribution is 6.25. The van der Waals surface area contributed by atoms with Gasteiger partial charge >= 0.3 is 11.4 Å². The molecule has 0 aliphatic heterocycles. The third-order valence-electron chi connectivity index (χ3n) is 18.5. The number of para-hydroxylation sites is 3. The number of aryl methyl sites for hydroxylation is 2. The van der Waals surface area contributed by atoms with Gasteiger partial charge in [0.25, 0.3) is 0 Å². The molecule has 7 nitrogen and oxygen atoms in total. The molecule has 18 aromatic rings. The van der Waals surface area contributed by atoms with Crippen molar-refractivity contribution in [3.8, 4) is 55.6 Å². The highest BCUT2D eigenvalue weighted by Crippen LogP contribution is 2.49. The molecule has 0 amide bonds. The van der Waals surface area contributed by atoms with Gasteiger partial charge in [0.1, 0.15) is 0 Å². The highest BCUT2D eigenvalue weighted by Gasteiger charge is 2.23. The zero-order valence-electron chi connectivity index (χ0n) is 46.9. The lowest BCUT2D eigenvalue weighted by atomic mass is 9.83. The second kappa shape index (κ2) is 18.0. The van der Waals surface area contributed by atoms with E-state index in [2.05, 4.69) is 218 Å². The third kappa shape index (κ3) is 6.88. The lowest BCUT2D eigenvalue weighted by Crippen LogP contribution is -2.24. The van der Waals surface area contributed by atoms with E-state index in [1.54, 1.807) is 13.5 Å². The van der Waals surface area contributed by atoms with Crippen LogP contribution in [0.25, 0.3) is 175 Å². The van der Waals surface area contributed by atoms with E-state index < -0.39 is 0 Å². The summed E-state index contributed by atoms with van der Waals surface area (Å²) in [5, 5.41) is 16.8. The third-order valence-corrected chi connectivity index (χ3v) is 18.5. The number of fused-ring (bicyclic) bond motifs is 16. The molecule has 0 aliphatic rings. The van der Waals surface area contributed by atoms with Crippen LogP contribution in [0.15, 0.2) is 270 Å². The average molecular weight is 1100 g/mol. The smallest absolute Gasteiger partial charge is 0.296 e. The molecule has 0 spiro atoms. The largest absolute Gasteiger partial charge is 0.334 e. The van der Waals surface area contributed by atoms with E-state index in [-0.39, 0.29) is 11.4 Å². The lowest BCUT2D eigenvalue weighted by molar-refractivity contribution is 0.836. The molecule has 0 aliphatic carbocycles. The number of aromatic nitrogens is 5. The Hall–Kier alpha value is -11.4. The Balaban J connectivity index is 0.903. The summed E-state index contributed by atoms with van der Waals surface area (Å²) in [6.45, 7) is 0. The molecule has 4 aromatic heterocycles. The number of nitrogens with zero attached hydrogens (tertiary/aromatic N) is 5. The van der Waals surface area contributed by atoms with Crippen molar-refractivity contribution >= 4 is 120 Å². The summed E-state index contributed by atoms with van der Waals surface area (Å²) >= 11 is 0. The molecule has 0 radical (unpaired) electrons. The number of rotatable bonds is 5. The standard InChI is InChI=1S/C79H49N5O2/c1-81-69-25-13-11-23-63(69)72-45-56-41-54(34-38-68(56)83(72)78(81)85)73-57-19-7-9-21-59(57)75(52-29-27-46-15-3-5-17-48(46)39-52)65-42-50(31-35-61(65)73)51-32-36-62-66(43-51)76(53-30-28-47-16-4-6-18-49(47)40-53)60-22-10-8-20-58(60)74(62)55-33-37-64-71(44-55)82(2)79(86)84-70-26-14-12-24-67(70)80-77(64)84/h3-45H,1-2H3. The highest BCUT2D eigenvalue weighted by atomic mass is 16.2. The molecule has 18 rings (SSSR count). The van der Waals surface area contributed by atoms with Crippen LogP contribution < -0.4 is 11.4 Å². The molecule has 14 aromatic carbocycles. The molecular weight excluding hydrogens is 1050 g/mol. The number of imidazole rings is 1. The van der Waals surface area contributed by atoms with E-state index in [1.807, 2.05) is 61.0 Å². The van der Waals surface area contributed by atoms with Crippen molar-refractivity contribution in [1.29, 1.82) is 0 Å². The normalized spacial score (nSPS) is 12.2. The first-order chi connectivity index (χ1) is 42.3. The van der Waals surface area contributed by atoms with Gasteiger partial charge in [-0.25, -0.2) is 19.0 Å². The summed E-state index contributed by atoms with van der Waals surface area (Å²) in [6.07, 6.45) is 0. The van der Waals surface area contributed by atoms with E-state index >= 15 is 0 Å². The van der Waals surface area contributed by atoms with Crippen LogP contribution in [0.2, 0.25) is 0 Å². The minimum atomic E-state index is -0.137. The van der Waals surface area contributed by atoms with Gasteiger partial charge in [0.05, 0.1) is 33.1 Å². The van der Waals surface area contributed by atoms with Gasteiger partial charge in [0.2, 0.25) is 0 Å². The summed E-state index contributed by atoms with van der Waals surface area (Å²) in [7, 11) is 3.72. The summed E-state index contributed by atoms with van der Waals surface area (Å²) in [6, 6.07) is 93.9. The number of benzene rings is 14. The van der Waals surface area contributed by atoms with Crippen LogP contribution in [0.4, 0.5) is 0 Å². The Morgan fingerprint density at radius 3 is 1.26 bits per heavy atom. The molecule has 0 fully saturated rings. The summed E-state index contributed by atoms with van der Waals surface area (Å²) in [5.41, 5.74) is 16.7. The maximum Gasteiger partial charge on any atom is 0.334 e. The molecule has 86 heavy (non-hydrogen) atoms. The molecule has 0 N–H and O–H groups in total. The van der Waals surface area contributed by atoms with Crippen molar-refractivity contribution in [1.82, 2.24) is 22.9 Å². The molecular formula is C79H49N5O2. The van der Waals surface area contributed by atoms with Gasteiger partial charge in [-0.3, -0.25) is 13.5 Å². The molecule has 7 heteroatoms. The molecule has 4 heterocycles. The Morgan fingerprint density at radius 1 is 0.256 bits per heavy atom. The molecule has 0 unspecified atom stereocenters. The Bertz CT molecular complexity index is 6180. The monoisotopic (exact) mass is 1100 g/mol. The second-order valence-electron chi connectivity index (χ2n) is 23.1. The first-order valence-corrected chi connectivity index (χ1v) is 29.2. The molecule has 0 saturated heterocycles. The summed E-state index contributed by atoms with van der Waals surface area (Å²) < 4.78 is 7.10. The van der Waals surface area contributed by atoms with Gasteiger partial charge in [-0.2, -0.15) is 0 Å². The van der Waals surface area contributed by atoms with Gasteiger partial charge < -0.3 is 0 Å². The second-order valence-corrected chi connectivity index (χ2v) is 23.1. The lowest BCUT2D eigenvalue weighted by Gasteiger charge is -2.20. The Kier molecular flexibility index (Phi) is 10.1. The summed E-state index contributed by atoms with van der Waals surface area (Å²) in [4.78, 5) is 33.5. The van der Waals surface area contributed by atoms with Crippen molar-refractivity contribution < 1.29 is 0 Å². The van der Waals surface area contributed by atoms with Crippen molar-refractivity contribution in [3.05, 3.63) is 282 Å². The van der Waals surface area contributed by atoms with E-state index in [9.17, 15) is 9.59 Å².